The average Bonchev–Trinajstić information content (AvgIpc) is 2.20. The number of nitrogens with one attached hydrogen (secondary N) is 4. The molecule has 0 radical (unpaired) electrons. The third kappa shape index (κ3) is 14.9. The first-order chi connectivity index (χ1) is 39.4. The van der Waals surface area contributed by atoms with Gasteiger partial charge in [-0.15, -0.1) is 0 Å². The molecule has 5 aromatic rings. The Bertz CT molecular complexity index is 3380. The van der Waals surface area contributed by atoms with E-state index in [0.29, 0.717) is 18.4 Å². The zero-order valence-corrected chi connectivity index (χ0v) is 47.9. The number of carbonyl (C=O) groups is 7. The Morgan fingerprint density at radius 2 is 1.41 bits per heavy atom. The van der Waals surface area contributed by atoms with Crippen LogP contribution in [0.4, 0.5) is 0 Å². The molecular formula is C62H76BCl2N5O16. The number of hydrogen-bond donors (Lipinski definition) is 9. The van der Waals surface area contributed by atoms with Gasteiger partial charge in [0, 0.05) is 41.3 Å². The Morgan fingerprint density at radius 1 is 0.733 bits per heavy atom. The first kappa shape index (κ1) is 69.1. The number of aryl methyl sites for hydroxylation is 1. The highest BCUT2D eigenvalue weighted by molar-refractivity contribution is 6.44. The second kappa shape index (κ2) is 29.1. The largest absolute Gasteiger partial charge is 0.496 e. The van der Waals surface area contributed by atoms with Gasteiger partial charge in [-0.1, -0.05) is 84.5 Å². The fraction of sp³-hybridized carbons (Fsp3) is 0.403. The van der Waals surface area contributed by atoms with Crippen molar-refractivity contribution >= 4 is 71.4 Å². The molecule has 5 amide bonds. The van der Waals surface area contributed by atoms with Gasteiger partial charge in [-0.25, -0.2) is 0 Å². The van der Waals surface area contributed by atoms with Crippen LogP contribution < -0.4 is 50.7 Å². The molecule has 0 aliphatic carbocycles. The molecule has 0 aromatic heterocycles. The first-order valence-electron chi connectivity index (χ1n) is 26.8. The highest BCUT2D eigenvalue weighted by Gasteiger charge is 2.42. The van der Waals surface area contributed by atoms with Crippen LogP contribution in [0.25, 0.3) is 11.1 Å². The summed E-state index contributed by atoms with van der Waals surface area (Å²) in [4.78, 5) is 103. The summed E-state index contributed by atoms with van der Waals surface area (Å²) in [6.45, 7) is 7.36. The van der Waals surface area contributed by atoms with E-state index in [9.17, 15) is 39.4 Å². The summed E-state index contributed by atoms with van der Waals surface area (Å²) < 4.78 is 30.5. The second-order valence-corrected chi connectivity index (χ2v) is 22.1. The predicted octanol–water partition coefficient (Wildman–Crippen LogP) is 8.16. The molecule has 9 rings (SSSR count). The topological polar surface area (TPSA) is 321 Å². The Balaban J connectivity index is 0.00000450. The first-order valence-corrected chi connectivity index (χ1v) is 27.5. The Hall–Kier alpha value is -7.73. The van der Waals surface area contributed by atoms with Crippen LogP contribution in [0.1, 0.15) is 139 Å². The molecule has 0 saturated carbocycles. The molecule has 24 heteroatoms. The fourth-order valence-corrected chi connectivity index (χ4v) is 11.3. The number of carbonyl (C=O) groups excluding carboxylic acids is 7. The second-order valence-electron chi connectivity index (χ2n) is 21.3. The quantitative estimate of drug-likeness (QED) is 0.0563. The van der Waals surface area contributed by atoms with E-state index < -0.39 is 122 Å². The van der Waals surface area contributed by atoms with Crippen molar-refractivity contribution in [2.24, 2.45) is 23.5 Å². The van der Waals surface area contributed by atoms with Crippen LogP contribution in [-0.2, 0) is 33.6 Å². The minimum Gasteiger partial charge on any atom is -0.496 e. The van der Waals surface area contributed by atoms with Crippen molar-refractivity contribution in [1.29, 1.82) is 0 Å². The number of hydrogen-bond acceptors (Lipinski definition) is 16. The van der Waals surface area contributed by atoms with Crippen LogP contribution in [0.15, 0.2) is 78.9 Å². The maximum absolute atomic E-state index is 15.8. The number of methoxy groups -OCH3 is 3. The normalized spacial score (nSPS) is 21.4. The molecule has 4 heterocycles. The monoisotopic (exact) mass is 1230 g/mol. The lowest BCUT2D eigenvalue weighted by Gasteiger charge is -2.31. The van der Waals surface area contributed by atoms with Crippen LogP contribution in [0.3, 0.4) is 0 Å². The van der Waals surface area contributed by atoms with Gasteiger partial charge in [-0.2, -0.15) is 0 Å². The number of ketones is 2. The van der Waals surface area contributed by atoms with E-state index in [1.165, 1.54) is 88.1 Å². The molecule has 11 bridgehead atoms. The van der Waals surface area contributed by atoms with Crippen molar-refractivity contribution in [3.05, 3.63) is 122 Å². The van der Waals surface area contributed by atoms with E-state index in [0.717, 1.165) is 0 Å². The zero-order valence-electron chi connectivity index (χ0n) is 46.4. The van der Waals surface area contributed by atoms with Gasteiger partial charge in [0.05, 0.1) is 44.1 Å². The predicted molar refractivity (Wildman–Crippen MR) is 324 cm³/mol. The molecule has 5 aromatic carbocycles. The summed E-state index contributed by atoms with van der Waals surface area (Å²) in [5.74, 6) is -12.4. The van der Waals surface area contributed by atoms with Crippen LogP contribution in [0, 0.1) is 24.7 Å². The van der Waals surface area contributed by atoms with Gasteiger partial charge < -0.3 is 70.9 Å². The molecule has 86 heavy (non-hydrogen) atoms. The van der Waals surface area contributed by atoms with Gasteiger partial charge in [0.25, 0.3) is 0 Å². The molecule has 4 aliphatic heterocycles. The van der Waals surface area contributed by atoms with Crippen LogP contribution in [-0.4, -0.2) is 102 Å². The SMILES string of the molecule is C.C.C.CC[C@@H](CC(C)C)C(=O)N[C@H]1C(=O)C[C@@H](CC(N)=O)C(=O)N[C@H]2C(=O)C[C@H]3C(=O)N[C@H](C(=O)N[C@@H](B(O)O)c4cc(C)cc(OC)c4-c4cc3ccc4OC)[C@H](O)c3cc(Cl)cc(c3)Oc3cc2cc(c3OC)Oc2ccc(cc2Cl)[C@H]1O. The van der Waals surface area contributed by atoms with Crippen LogP contribution in [0.2, 0.25) is 10.0 Å². The molecule has 10 N–H and O–H groups in total. The van der Waals surface area contributed by atoms with E-state index in [4.69, 9.17) is 52.6 Å². The number of aliphatic hydroxyl groups is 2. The van der Waals surface area contributed by atoms with E-state index in [1.54, 1.807) is 26.0 Å². The lowest BCUT2D eigenvalue weighted by atomic mass is 9.72. The third-order valence-electron chi connectivity index (χ3n) is 15.0. The lowest BCUT2D eigenvalue weighted by Crippen LogP contribution is -2.54. The van der Waals surface area contributed by atoms with Gasteiger partial charge >= 0.3 is 7.12 Å². The molecule has 0 saturated heterocycles. The number of ether oxygens (including phenoxy) is 5. The van der Waals surface area contributed by atoms with Crippen molar-refractivity contribution in [3.8, 4) is 51.4 Å². The zero-order chi connectivity index (χ0) is 60.3. The van der Waals surface area contributed by atoms with Gasteiger partial charge in [0.2, 0.25) is 35.3 Å². The van der Waals surface area contributed by atoms with Gasteiger partial charge in [0.1, 0.15) is 53.3 Å². The molecule has 0 spiro atoms. The number of primary amides is 1. The fourth-order valence-electron chi connectivity index (χ4n) is 10.9. The standard InChI is InChI=1S/C59H64BCl2N5O16.3CH4/c1-8-28(13-26(2)3)56(73)65-50-40(68)20-33(23-47(63)70)57(74)64-49-31-21-45(54(81-7)46(22-31)83-43-12-10-30(52(50)71)19-39(43)62)82-35-17-32(16-34(61)24-35)53(72)51-59(76)67-55(60(77)78)38-14-27(4)15-44(80-6)48(38)37-18-29(9-11-42(37)79-5)36(25-41(49)69)58(75)66-51;;;/h9-12,14-19,21-22,24,26,28,33,36,49-53,55,71-72,77-78H,8,13,20,23,25H2,1-7H3,(H2,63,70)(H,64,74)(H,65,73)(H,66,75)(H,67,76);3*1H4/t28-,33-,36+,49+,50-,51-,52+,53+,55+;;;/m0.../s1. The Labute approximate surface area is 510 Å². The van der Waals surface area contributed by atoms with Crippen LogP contribution >= 0.6 is 23.2 Å². The summed E-state index contributed by atoms with van der Waals surface area (Å²) in [5.41, 5.74) is 6.80. The molecule has 9 atom stereocenters. The molecule has 4 aliphatic rings. The summed E-state index contributed by atoms with van der Waals surface area (Å²) in [6, 6.07) is 12.8. The maximum Gasteiger partial charge on any atom is 0.480 e. The molecule has 21 nitrogen and oxygen atoms in total. The Kier molecular flexibility index (Phi) is 23.4. The third-order valence-corrected chi connectivity index (χ3v) is 15.5. The van der Waals surface area contributed by atoms with E-state index in [1.807, 2.05) is 13.8 Å². The van der Waals surface area contributed by atoms with Crippen LogP contribution in [0.5, 0.6) is 40.2 Å². The summed E-state index contributed by atoms with van der Waals surface area (Å²) >= 11 is 13.7. The number of fused-ring (bicyclic) bond motifs is 19. The van der Waals surface area contributed by atoms with Gasteiger partial charge in [0.15, 0.2) is 23.1 Å². The van der Waals surface area contributed by atoms with E-state index in [2.05, 4.69) is 21.3 Å². The Morgan fingerprint density at radius 3 is 2.02 bits per heavy atom. The molecule has 462 valence electrons. The summed E-state index contributed by atoms with van der Waals surface area (Å²) in [6.07, 6.45) is -5.34. The summed E-state index contributed by atoms with van der Waals surface area (Å²) in [5, 5.41) is 57.0. The number of Topliss-reactive ketones (excluding diaryl/α,β-unsaturated/α-hetero) is 2. The van der Waals surface area contributed by atoms with Crippen molar-refractivity contribution in [2.45, 2.75) is 124 Å². The number of rotatable bonds is 11. The van der Waals surface area contributed by atoms with E-state index in [-0.39, 0.29) is 117 Å². The lowest BCUT2D eigenvalue weighted by molar-refractivity contribution is -0.137. The van der Waals surface area contributed by atoms with Gasteiger partial charge in [-0.05, 0) is 120 Å². The highest BCUT2D eigenvalue weighted by Crippen LogP contribution is 2.48. The number of aliphatic hydroxyl groups excluding tert-OH is 2. The maximum atomic E-state index is 15.8. The minimum absolute atomic E-state index is 0. The molecule has 0 fully saturated rings. The number of benzene rings is 5. The summed E-state index contributed by atoms with van der Waals surface area (Å²) in [7, 11) is 1.72. The number of amides is 5. The van der Waals surface area contributed by atoms with Crippen molar-refractivity contribution in [3.63, 3.8) is 0 Å². The average molecular weight is 1230 g/mol. The molecular weight excluding hydrogens is 1150 g/mol. The van der Waals surface area contributed by atoms with Crippen molar-refractivity contribution in [1.82, 2.24) is 21.3 Å². The van der Waals surface area contributed by atoms with Gasteiger partial charge in [-0.3, -0.25) is 33.6 Å². The number of halogens is 2. The minimum atomic E-state index is -2.30. The highest BCUT2D eigenvalue weighted by atomic mass is 35.5. The molecule has 0 unspecified atom stereocenters. The number of nitrogens with two attached hydrogens (primary N) is 1. The van der Waals surface area contributed by atoms with Crippen molar-refractivity contribution < 1.29 is 77.5 Å². The van der Waals surface area contributed by atoms with E-state index >= 15 is 14.4 Å². The smallest absolute Gasteiger partial charge is 0.480 e. The van der Waals surface area contributed by atoms with Crippen molar-refractivity contribution in [2.75, 3.05) is 21.3 Å².